The van der Waals surface area contributed by atoms with Gasteiger partial charge in [-0.05, 0) is 57.5 Å². The number of halogens is 1. The van der Waals surface area contributed by atoms with Gasteiger partial charge in [0.15, 0.2) is 5.75 Å². The molecule has 0 unspecified atom stereocenters. The van der Waals surface area contributed by atoms with E-state index in [1.165, 1.54) is 16.7 Å². The number of ether oxygens (including phenoxy) is 2. The Kier molecular flexibility index (Phi) is 3.47. The van der Waals surface area contributed by atoms with Crippen molar-refractivity contribution in [2.45, 2.75) is 19.8 Å². The van der Waals surface area contributed by atoms with Gasteiger partial charge in [0.2, 0.25) is 0 Å². The molecular formula is C14H12INO2. The minimum absolute atomic E-state index is 0.564. The quantitative estimate of drug-likeness (QED) is 0.627. The van der Waals surface area contributed by atoms with Crippen molar-refractivity contribution in [3.63, 3.8) is 0 Å². The zero-order valence-electron chi connectivity index (χ0n) is 9.73. The largest absolute Gasteiger partial charge is 0.486 e. The molecule has 3 rings (SSSR count). The summed E-state index contributed by atoms with van der Waals surface area (Å²) in [4.78, 5) is 4.19. The van der Waals surface area contributed by atoms with Gasteiger partial charge in [0.25, 0.3) is 0 Å². The van der Waals surface area contributed by atoms with E-state index < -0.39 is 0 Å². The SMILES string of the molecule is Ic1ncccc1OCc1ccc2c(c1)COC2. The van der Waals surface area contributed by atoms with Crippen LogP contribution >= 0.6 is 22.6 Å². The highest BCUT2D eigenvalue weighted by atomic mass is 127. The van der Waals surface area contributed by atoms with Crippen molar-refractivity contribution >= 4 is 22.6 Å². The maximum absolute atomic E-state index is 5.77. The van der Waals surface area contributed by atoms with Gasteiger partial charge in [-0.3, -0.25) is 0 Å². The monoisotopic (exact) mass is 353 g/mol. The summed E-state index contributed by atoms with van der Waals surface area (Å²) in [5.41, 5.74) is 3.73. The van der Waals surface area contributed by atoms with Crippen LogP contribution in [-0.2, 0) is 24.6 Å². The number of fused-ring (bicyclic) bond motifs is 1. The van der Waals surface area contributed by atoms with Crippen LogP contribution in [-0.4, -0.2) is 4.98 Å². The summed E-state index contributed by atoms with van der Waals surface area (Å²) in [6, 6.07) is 10.2. The van der Waals surface area contributed by atoms with Gasteiger partial charge in [0, 0.05) is 6.20 Å². The molecule has 0 saturated carbocycles. The number of hydrogen-bond acceptors (Lipinski definition) is 3. The summed E-state index contributed by atoms with van der Waals surface area (Å²) < 4.78 is 12.1. The Hall–Kier alpha value is -1.14. The first-order chi connectivity index (χ1) is 8.83. The van der Waals surface area contributed by atoms with Gasteiger partial charge in [-0.15, -0.1) is 0 Å². The first kappa shape index (κ1) is 11.9. The van der Waals surface area contributed by atoms with E-state index in [4.69, 9.17) is 9.47 Å². The fourth-order valence-electron chi connectivity index (χ4n) is 1.96. The van der Waals surface area contributed by atoms with Crippen molar-refractivity contribution in [2.24, 2.45) is 0 Å². The van der Waals surface area contributed by atoms with Crippen LogP contribution in [0.5, 0.6) is 5.75 Å². The lowest BCUT2D eigenvalue weighted by Crippen LogP contribution is -1.99. The summed E-state index contributed by atoms with van der Waals surface area (Å²) in [7, 11) is 0. The van der Waals surface area contributed by atoms with Crippen LogP contribution in [0.3, 0.4) is 0 Å². The first-order valence-corrected chi connectivity index (χ1v) is 6.82. The van der Waals surface area contributed by atoms with Crippen molar-refractivity contribution < 1.29 is 9.47 Å². The Balaban J connectivity index is 1.72. The number of rotatable bonds is 3. The predicted molar refractivity (Wildman–Crippen MR) is 76.2 cm³/mol. The van der Waals surface area contributed by atoms with Gasteiger partial charge >= 0.3 is 0 Å². The van der Waals surface area contributed by atoms with Crippen LogP contribution < -0.4 is 4.74 Å². The smallest absolute Gasteiger partial charge is 0.151 e. The summed E-state index contributed by atoms with van der Waals surface area (Å²) in [6.07, 6.45) is 1.77. The number of aromatic nitrogens is 1. The molecule has 0 amide bonds. The minimum Gasteiger partial charge on any atom is -0.486 e. The van der Waals surface area contributed by atoms with Gasteiger partial charge in [0.05, 0.1) is 13.2 Å². The maximum atomic E-state index is 5.77. The number of benzene rings is 1. The van der Waals surface area contributed by atoms with E-state index in [1.54, 1.807) is 6.20 Å². The molecule has 1 aromatic carbocycles. The predicted octanol–water partition coefficient (Wildman–Crippen LogP) is 3.30. The molecule has 0 bridgehead atoms. The minimum atomic E-state index is 0.564. The van der Waals surface area contributed by atoms with E-state index in [-0.39, 0.29) is 0 Å². The second kappa shape index (κ2) is 5.24. The number of pyridine rings is 1. The van der Waals surface area contributed by atoms with Crippen molar-refractivity contribution in [1.29, 1.82) is 0 Å². The molecule has 0 atom stereocenters. The average Bonchev–Trinajstić information content (AvgIpc) is 2.85. The molecule has 2 aromatic rings. The van der Waals surface area contributed by atoms with E-state index in [9.17, 15) is 0 Å². The molecule has 1 aromatic heterocycles. The molecule has 0 aliphatic carbocycles. The summed E-state index contributed by atoms with van der Waals surface area (Å²) in [5, 5.41) is 0. The summed E-state index contributed by atoms with van der Waals surface area (Å²) >= 11 is 2.18. The molecule has 1 aliphatic rings. The van der Waals surface area contributed by atoms with Crippen LogP contribution in [0, 0.1) is 3.70 Å². The Bertz CT molecular complexity index is 571. The molecule has 2 heterocycles. The van der Waals surface area contributed by atoms with Crippen LogP contribution in [0.25, 0.3) is 0 Å². The van der Waals surface area contributed by atoms with Crippen molar-refractivity contribution in [3.8, 4) is 5.75 Å². The number of hydrogen-bond donors (Lipinski definition) is 0. The van der Waals surface area contributed by atoms with Gasteiger partial charge in [0.1, 0.15) is 10.3 Å². The zero-order valence-corrected chi connectivity index (χ0v) is 11.9. The second-order valence-corrected chi connectivity index (χ2v) is 5.20. The fourth-order valence-corrected chi connectivity index (χ4v) is 2.45. The third-order valence-electron chi connectivity index (χ3n) is 2.91. The van der Waals surface area contributed by atoms with E-state index in [1.807, 2.05) is 12.1 Å². The van der Waals surface area contributed by atoms with E-state index >= 15 is 0 Å². The highest BCUT2D eigenvalue weighted by Gasteiger charge is 2.11. The van der Waals surface area contributed by atoms with E-state index in [0.717, 1.165) is 16.1 Å². The Morgan fingerprint density at radius 1 is 1.22 bits per heavy atom. The van der Waals surface area contributed by atoms with Crippen molar-refractivity contribution in [3.05, 3.63) is 56.9 Å². The third kappa shape index (κ3) is 2.49. The molecule has 3 nitrogen and oxygen atoms in total. The van der Waals surface area contributed by atoms with Crippen LogP contribution in [0.15, 0.2) is 36.5 Å². The normalized spacial score (nSPS) is 13.4. The molecule has 0 spiro atoms. The third-order valence-corrected chi connectivity index (χ3v) is 3.72. The van der Waals surface area contributed by atoms with Crippen molar-refractivity contribution in [2.75, 3.05) is 0 Å². The second-order valence-electron chi connectivity index (χ2n) is 4.18. The lowest BCUT2D eigenvalue weighted by molar-refractivity contribution is 0.134. The molecular weight excluding hydrogens is 341 g/mol. The Morgan fingerprint density at radius 2 is 2.11 bits per heavy atom. The molecule has 0 fully saturated rings. The van der Waals surface area contributed by atoms with E-state index in [0.29, 0.717) is 13.2 Å². The first-order valence-electron chi connectivity index (χ1n) is 5.74. The van der Waals surface area contributed by atoms with Crippen molar-refractivity contribution in [1.82, 2.24) is 4.98 Å². The van der Waals surface area contributed by atoms with Gasteiger partial charge in [-0.2, -0.15) is 0 Å². The zero-order chi connectivity index (χ0) is 12.4. The summed E-state index contributed by atoms with van der Waals surface area (Å²) in [5.74, 6) is 0.829. The molecule has 4 heteroatoms. The van der Waals surface area contributed by atoms with Crippen LogP contribution in [0.1, 0.15) is 16.7 Å². The maximum Gasteiger partial charge on any atom is 0.151 e. The van der Waals surface area contributed by atoms with Gasteiger partial charge < -0.3 is 9.47 Å². The summed E-state index contributed by atoms with van der Waals surface area (Å²) in [6.45, 7) is 2.01. The van der Waals surface area contributed by atoms with Crippen LogP contribution in [0.2, 0.25) is 0 Å². The lowest BCUT2D eigenvalue weighted by Gasteiger charge is -2.08. The average molecular weight is 353 g/mol. The highest BCUT2D eigenvalue weighted by Crippen LogP contribution is 2.23. The Morgan fingerprint density at radius 3 is 3.00 bits per heavy atom. The lowest BCUT2D eigenvalue weighted by atomic mass is 10.1. The standard InChI is InChI=1S/C14H12INO2/c15-14-13(2-1-5-16-14)18-7-10-3-4-11-8-17-9-12(11)6-10/h1-6H,7-9H2. The van der Waals surface area contributed by atoms with E-state index in [2.05, 4.69) is 45.8 Å². The molecule has 18 heavy (non-hydrogen) atoms. The number of nitrogens with zero attached hydrogens (tertiary/aromatic N) is 1. The van der Waals surface area contributed by atoms with Gasteiger partial charge in [-0.1, -0.05) is 12.1 Å². The van der Waals surface area contributed by atoms with Gasteiger partial charge in [-0.25, -0.2) is 4.98 Å². The fraction of sp³-hybridized carbons (Fsp3) is 0.214. The molecule has 0 radical (unpaired) electrons. The van der Waals surface area contributed by atoms with Crippen LogP contribution in [0.4, 0.5) is 0 Å². The molecule has 1 aliphatic heterocycles. The molecule has 0 N–H and O–H groups in total. The Labute approximate surface area is 119 Å². The topological polar surface area (TPSA) is 31.4 Å². The molecule has 92 valence electrons. The highest BCUT2D eigenvalue weighted by molar-refractivity contribution is 14.1. The molecule has 0 saturated heterocycles.